The average molecular weight is 737 g/mol. The van der Waals surface area contributed by atoms with Crippen molar-refractivity contribution >= 4 is 29.2 Å². The van der Waals surface area contributed by atoms with Gasteiger partial charge >= 0.3 is 0 Å². The molecule has 4 fully saturated rings. The second-order valence-electron chi connectivity index (χ2n) is 14.5. The zero-order valence-electron chi connectivity index (χ0n) is 29.5. The van der Waals surface area contributed by atoms with Crippen molar-refractivity contribution < 1.29 is 67.7 Å². The van der Waals surface area contributed by atoms with Gasteiger partial charge in [0.25, 0.3) is 0 Å². The molecule has 0 bridgehead atoms. The summed E-state index contributed by atoms with van der Waals surface area (Å²) in [6.45, 7) is 3.58. The highest BCUT2D eigenvalue weighted by molar-refractivity contribution is 6.31. The first-order valence-electron chi connectivity index (χ1n) is 17.6. The van der Waals surface area contributed by atoms with Crippen LogP contribution in [0.3, 0.4) is 0 Å². The number of carbonyl (C=O) groups is 5. The molecule has 16 nitrogen and oxygen atoms in total. The van der Waals surface area contributed by atoms with E-state index >= 15 is 0 Å². The van der Waals surface area contributed by atoms with Crippen LogP contribution in [0.4, 0.5) is 0 Å². The second kappa shape index (κ2) is 12.9. The molecule has 0 spiro atoms. The van der Waals surface area contributed by atoms with Crippen molar-refractivity contribution in [2.75, 3.05) is 33.9 Å². The number of aliphatic hydroxyl groups is 1. The Labute approximate surface area is 303 Å². The number of benzene rings is 2. The summed E-state index contributed by atoms with van der Waals surface area (Å²) in [5.74, 6) is -5.52. The van der Waals surface area contributed by atoms with E-state index in [-0.39, 0.29) is 53.0 Å². The first-order chi connectivity index (χ1) is 25.3. The number of ketones is 3. The number of Topliss-reactive ketones (excluding diaryl/α,β-unsaturated/α-hetero) is 1. The van der Waals surface area contributed by atoms with Crippen LogP contribution in [-0.4, -0.2) is 131 Å². The average Bonchev–Trinajstić information content (AvgIpc) is 3.63. The predicted molar refractivity (Wildman–Crippen MR) is 177 cm³/mol. The van der Waals surface area contributed by atoms with Gasteiger partial charge in [-0.25, -0.2) is 0 Å². The molecule has 1 unspecified atom stereocenters. The van der Waals surface area contributed by atoms with E-state index in [0.717, 1.165) is 4.90 Å². The van der Waals surface area contributed by atoms with Gasteiger partial charge < -0.3 is 43.7 Å². The van der Waals surface area contributed by atoms with E-state index in [4.69, 9.17) is 28.4 Å². The number of hydrogen-bond acceptors (Lipinski definition) is 15. The number of morpholine rings is 1. The molecule has 9 atom stereocenters. The number of ether oxygens (including phenoxy) is 6. The zero-order valence-corrected chi connectivity index (χ0v) is 29.5. The largest absolute Gasteiger partial charge is 0.507 e. The van der Waals surface area contributed by atoms with Crippen molar-refractivity contribution in [1.82, 2.24) is 9.80 Å². The highest BCUT2D eigenvalue weighted by atomic mass is 16.7. The summed E-state index contributed by atoms with van der Waals surface area (Å²) in [6.07, 6.45) is -5.39. The van der Waals surface area contributed by atoms with Crippen LogP contribution >= 0.6 is 0 Å². The fourth-order valence-electron chi connectivity index (χ4n) is 8.85. The smallest absolute Gasteiger partial charge is 0.232 e. The lowest BCUT2D eigenvalue weighted by atomic mass is 9.71. The summed E-state index contributed by atoms with van der Waals surface area (Å²) in [4.78, 5) is 70.2. The van der Waals surface area contributed by atoms with Crippen molar-refractivity contribution in [3.8, 4) is 17.2 Å². The normalized spacial score (nSPS) is 33.6. The van der Waals surface area contributed by atoms with Gasteiger partial charge in [-0.05, 0) is 13.0 Å². The van der Waals surface area contributed by atoms with Crippen molar-refractivity contribution in [1.29, 1.82) is 0 Å². The number of imide groups is 1. The van der Waals surface area contributed by atoms with Gasteiger partial charge in [0.15, 0.2) is 30.4 Å². The Bertz CT molecular complexity index is 1950. The van der Waals surface area contributed by atoms with Gasteiger partial charge in [-0.3, -0.25) is 33.8 Å². The third-order valence-corrected chi connectivity index (χ3v) is 11.5. The molecule has 2 aromatic carbocycles. The minimum absolute atomic E-state index is 0.0679. The molecule has 4 saturated heterocycles. The summed E-state index contributed by atoms with van der Waals surface area (Å²) < 4.78 is 35.7. The number of likely N-dealkylation sites (tertiary alicyclic amines) is 1. The number of hydrogen-bond donors (Lipinski definition) is 3. The highest BCUT2D eigenvalue weighted by Crippen LogP contribution is 2.53. The van der Waals surface area contributed by atoms with E-state index in [9.17, 15) is 39.3 Å². The number of carbonyl (C=O) groups excluding carboxylic acids is 5. The zero-order chi connectivity index (χ0) is 37.7. The van der Waals surface area contributed by atoms with E-state index in [2.05, 4.69) is 4.90 Å². The van der Waals surface area contributed by atoms with E-state index in [1.807, 2.05) is 6.92 Å². The maximum atomic E-state index is 14.1. The summed E-state index contributed by atoms with van der Waals surface area (Å²) in [5.41, 5.74) is -3.80. The van der Waals surface area contributed by atoms with E-state index in [0.29, 0.717) is 13.2 Å². The molecule has 53 heavy (non-hydrogen) atoms. The molecule has 4 heterocycles. The Kier molecular flexibility index (Phi) is 8.72. The molecule has 0 aromatic heterocycles. The molecule has 4 aliphatic heterocycles. The lowest BCUT2D eigenvalue weighted by Crippen LogP contribution is -2.55. The first kappa shape index (κ1) is 35.7. The number of rotatable bonds is 7. The van der Waals surface area contributed by atoms with Gasteiger partial charge in [-0.1, -0.05) is 19.1 Å². The SMILES string of the molecule is COc1cccc2c1C(=O)c1c(O)c3c(c(O)c1C2=O)C[C@@](O)(C(=O)CN1C(=O)CC(C)C1=O)C[C@@H]3O[C@H]1C[C@H]2[C@H](O[C@@H]3[C@@H](OC)OCCN32)[C@H](C)O1. The van der Waals surface area contributed by atoms with Crippen LogP contribution in [0.25, 0.3) is 0 Å². The maximum Gasteiger partial charge on any atom is 0.232 e. The minimum atomic E-state index is -2.36. The molecule has 2 aromatic rings. The standard InChI is InChI=1S/C37H40N2O14/c1-15-10-23(41)39(34(15)46)14-22(40)37(47)12-18-26(32(45)28-27(30(18)43)29(42)17-6-5-7-20(48-3)25(17)31(28)44)21(13-37)52-24-11-19-33(16(2)51-24)53-35-36(49-4)50-9-8-38(19)35/h5-7,15-16,19,21,24,33,35-36,43,45,47H,8-14H2,1-4H3/t15?,16-,19-,21-,24-,33+,35+,36-,37-/m0/s1. The lowest BCUT2D eigenvalue weighted by Gasteiger charge is -2.43. The van der Waals surface area contributed by atoms with Crippen LogP contribution in [-0.2, 0) is 44.5 Å². The lowest BCUT2D eigenvalue weighted by molar-refractivity contribution is -0.256. The Morgan fingerprint density at radius 1 is 1.02 bits per heavy atom. The highest BCUT2D eigenvalue weighted by Gasteiger charge is 2.55. The molecule has 6 aliphatic rings. The van der Waals surface area contributed by atoms with Crippen molar-refractivity contribution in [3.05, 3.63) is 51.6 Å². The van der Waals surface area contributed by atoms with E-state index in [1.165, 1.54) is 32.4 Å². The van der Waals surface area contributed by atoms with Crippen LogP contribution in [0, 0.1) is 5.92 Å². The molecule has 2 aliphatic carbocycles. The van der Waals surface area contributed by atoms with Crippen LogP contribution in [0.2, 0.25) is 0 Å². The van der Waals surface area contributed by atoms with Gasteiger partial charge in [-0.15, -0.1) is 0 Å². The Morgan fingerprint density at radius 2 is 1.77 bits per heavy atom. The van der Waals surface area contributed by atoms with Crippen LogP contribution in [0.5, 0.6) is 17.2 Å². The van der Waals surface area contributed by atoms with Gasteiger partial charge in [0.2, 0.25) is 17.6 Å². The molecule has 16 heteroatoms. The van der Waals surface area contributed by atoms with Crippen molar-refractivity contribution in [2.45, 2.75) is 88.3 Å². The topological polar surface area (TPSA) is 208 Å². The Balaban J connectivity index is 1.19. The molecule has 2 amide bonds. The molecule has 3 N–H and O–H groups in total. The minimum Gasteiger partial charge on any atom is -0.507 e. The number of amides is 2. The summed E-state index contributed by atoms with van der Waals surface area (Å²) in [7, 11) is 2.86. The van der Waals surface area contributed by atoms with Crippen LogP contribution in [0.15, 0.2) is 18.2 Å². The van der Waals surface area contributed by atoms with Gasteiger partial charge in [-0.2, -0.15) is 0 Å². The molecular formula is C37H40N2O14. The Morgan fingerprint density at radius 3 is 2.47 bits per heavy atom. The number of phenols is 2. The fourth-order valence-corrected chi connectivity index (χ4v) is 8.85. The monoisotopic (exact) mass is 736 g/mol. The maximum absolute atomic E-state index is 14.1. The van der Waals surface area contributed by atoms with Gasteiger partial charge in [0.1, 0.15) is 29.0 Å². The third-order valence-electron chi connectivity index (χ3n) is 11.5. The van der Waals surface area contributed by atoms with E-state index < -0.39 is 114 Å². The Hall–Kier alpha value is -4.29. The van der Waals surface area contributed by atoms with Crippen molar-refractivity contribution in [3.63, 3.8) is 0 Å². The predicted octanol–water partition coefficient (Wildman–Crippen LogP) is 1.11. The first-order valence-corrected chi connectivity index (χ1v) is 17.6. The molecule has 282 valence electrons. The quantitative estimate of drug-likeness (QED) is 0.229. The number of phenolic OH excluding ortho intramolecular Hbond substituents is 2. The molecule has 0 saturated carbocycles. The van der Waals surface area contributed by atoms with Gasteiger partial charge in [0.05, 0.1) is 49.2 Å². The van der Waals surface area contributed by atoms with Gasteiger partial charge in [0, 0.05) is 68.0 Å². The van der Waals surface area contributed by atoms with Crippen LogP contribution < -0.4 is 4.74 Å². The second-order valence-corrected chi connectivity index (χ2v) is 14.5. The summed E-state index contributed by atoms with van der Waals surface area (Å²) in [6, 6.07) is 4.17. The summed E-state index contributed by atoms with van der Waals surface area (Å²) >= 11 is 0. The third kappa shape index (κ3) is 5.41. The molecule has 0 radical (unpaired) electrons. The molecular weight excluding hydrogens is 696 g/mol. The number of fused-ring (bicyclic) bond motifs is 6. The summed E-state index contributed by atoms with van der Waals surface area (Å²) in [5, 5.41) is 35.9. The van der Waals surface area contributed by atoms with Crippen molar-refractivity contribution in [2.24, 2.45) is 5.92 Å². The number of aromatic hydroxyl groups is 2. The molecule has 8 rings (SSSR count). The number of methoxy groups -OCH3 is 2. The van der Waals surface area contributed by atoms with Crippen LogP contribution in [0.1, 0.15) is 82.2 Å². The van der Waals surface area contributed by atoms with E-state index in [1.54, 1.807) is 6.92 Å². The fraction of sp³-hybridized carbons (Fsp3) is 0.541. The number of nitrogens with zero attached hydrogens (tertiary/aromatic N) is 2.